The number of fused-ring (bicyclic) bond motifs is 1. The van der Waals surface area contributed by atoms with Gasteiger partial charge in [-0.1, -0.05) is 30.3 Å². The van der Waals surface area contributed by atoms with Crippen LogP contribution in [0.25, 0.3) is 11.0 Å². The molecule has 1 heterocycles. The maximum absolute atomic E-state index is 10.5. The maximum atomic E-state index is 10.5. The number of aryl methyl sites for hydroxylation is 1. The van der Waals surface area contributed by atoms with Gasteiger partial charge >= 0.3 is 0 Å². The summed E-state index contributed by atoms with van der Waals surface area (Å²) in [5.41, 5.74) is 2.50. The highest BCUT2D eigenvalue weighted by atomic mass is 16.3. The Morgan fingerprint density at radius 3 is 2.70 bits per heavy atom. The van der Waals surface area contributed by atoms with E-state index in [0.717, 1.165) is 27.9 Å². The van der Waals surface area contributed by atoms with E-state index in [4.69, 9.17) is 4.42 Å². The fraction of sp³-hybridized carbons (Fsp3) is 0.176. The van der Waals surface area contributed by atoms with E-state index in [2.05, 4.69) is 0 Å². The fourth-order valence-electron chi connectivity index (χ4n) is 2.61. The summed E-state index contributed by atoms with van der Waals surface area (Å²) in [6.45, 7) is 1.86. The lowest BCUT2D eigenvalue weighted by Crippen LogP contribution is -2.02. The molecule has 3 aromatic rings. The molecular weight excluding hydrogens is 252 g/mol. The predicted molar refractivity (Wildman–Crippen MR) is 77.7 cm³/mol. The minimum atomic E-state index is -0.652. The van der Waals surface area contributed by atoms with Crippen LogP contribution in [0.5, 0.6) is 5.75 Å². The fourth-order valence-corrected chi connectivity index (χ4v) is 2.61. The molecule has 0 aliphatic carbocycles. The van der Waals surface area contributed by atoms with Gasteiger partial charge in [-0.25, -0.2) is 0 Å². The normalized spacial score (nSPS) is 12.7. The van der Waals surface area contributed by atoms with Gasteiger partial charge in [-0.3, -0.25) is 0 Å². The average molecular weight is 268 g/mol. The van der Waals surface area contributed by atoms with E-state index in [-0.39, 0.29) is 5.75 Å². The first-order chi connectivity index (χ1) is 9.65. The van der Waals surface area contributed by atoms with E-state index in [1.165, 1.54) is 0 Å². The standard InChI is InChI=1S/C17H16O3/c1-11-17(14-7-2-3-8-16(14)20-11)15(19)10-12-5-4-6-13(18)9-12/h2-9,15,18-19H,10H2,1H3. The molecule has 0 aliphatic rings. The highest BCUT2D eigenvalue weighted by Gasteiger charge is 2.18. The number of aromatic hydroxyl groups is 1. The Balaban J connectivity index is 1.96. The second kappa shape index (κ2) is 5.02. The van der Waals surface area contributed by atoms with Crippen LogP contribution in [0.15, 0.2) is 52.9 Å². The molecule has 0 fully saturated rings. The Morgan fingerprint density at radius 2 is 1.90 bits per heavy atom. The number of furan rings is 1. The number of aliphatic hydroxyl groups excluding tert-OH is 1. The summed E-state index contributed by atoms with van der Waals surface area (Å²) in [4.78, 5) is 0. The molecule has 0 spiro atoms. The van der Waals surface area contributed by atoms with Crippen LogP contribution < -0.4 is 0 Å². The molecule has 0 amide bonds. The lowest BCUT2D eigenvalue weighted by atomic mass is 9.99. The van der Waals surface area contributed by atoms with Crippen LogP contribution in [-0.2, 0) is 6.42 Å². The predicted octanol–water partition coefficient (Wildman–Crippen LogP) is 3.72. The molecule has 0 saturated heterocycles. The molecule has 0 bridgehead atoms. The molecule has 0 radical (unpaired) electrons. The highest BCUT2D eigenvalue weighted by Crippen LogP contribution is 2.32. The second-order valence-corrected chi connectivity index (χ2v) is 4.96. The van der Waals surface area contributed by atoms with Gasteiger partial charge in [-0.05, 0) is 30.7 Å². The molecule has 3 heteroatoms. The number of hydrogen-bond donors (Lipinski definition) is 2. The third-order valence-corrected chi connectivity index (χ3v) is 3.49. The molecule has 3 rings (SSSR count). The number of rotatable bonds is 3. The number of phenolic OH excluding ortho intramolecular Hbond substituents is 1. The molecule has 1 aromatic heterocycles. The molecule has 0 saturated carbocycles. The van der Waals surface area contributed by atoms with Crippen molar-refractivity contribution in [1.29, 1.82) is 0 Å². The number of para-hydroxylation sites is 1. The second-order valence-electron chi connectivity index (χ2n) is 4.96. The molecule has 1 unspecified atom stereocenters. The Morgan fingerprint density at radius 1 is 1.10 bits per heavy atom. The van der Waals surface area contributed by atoms with Gasteiger partial charge in [0.15, 0.2) is 0 Å². The maximum Gasteiger partial charge on any atom is 0.134 e. The van der Waals surface area contributed by atoms with Crippen LogP contribution in [-0.4, -0.2) is 10.2 Å². The van der Waals surface area contributed by atoms with E-state index in [1.54, 1.807) is 18.2 Å². The number of benzene rings is 2. The summed E-state index contributed by atoms with van der Waals surface area (Å²) >= 11 is 0. The van der Waals surface area contributed by atoms with Crippen LogP contribution in [0.1, 0.15) is 23.0 Å². The van der Waals surface area contributed by atoms with Crippen molar-refractivity contribution in [2.45, 2.75) is 19.4 Å². The van der Waals surface area contributed by atoms with Crippen LogP contribution in [0, 0.1) is 6.92 Å². The van der Waals surface area contributed by atoms with Crippen molar-refractivity contribution >= 4 is 11.0 Å². The SMILES string of the molecule is Cc1oc2ccccc2c1C(O)Cc1cccc(O)c1. The smallest absolute Gasteiger partial charge is 0.134 e. The number of aliphatic hydroxyl groups is 1. The van der Waals surface area contributed by atoms with Gasteiger partial charge in [0, 0.05) is 17.4 Å². The van der Waals surface area contributed by atoms with E-state index < -0.39 is 6.10 Å². The first kappa shape index (κ1) is 12.8. The summed E-state index contributed by atoms with van der Waals surface area (Å²) in [6.07, 6.45) is -0.209. The average Bonchev–Trinajstić information content (AvgIpc) is 2.74. The van der Waals surface area contributed by atoms with Gasteiger partial charge in [-0.15, -0.1) is 0 Å². The van der Waals surface area contributed by atoms with Crippen molar-refractivity contribution in [1.82, 2.24) is 0 Å². The van der Waals surface area contributed by atoms with Gasteiger partial charge in [-0.2, -0.15) is 0 Å². The first-order valence-corrected chi connectivity index (χ1v) is 6.59. The first-order valence-electron chi connectivity index (χ1n) is 6.59. The largest absolute Gasteiger partial charge is 0.508 e. The third-order valence-electron chi connectivity index (χ3n) is 3.49. The lowest BCUT2D eigenvalue weighted by molar-refractivity contribution is 0.177. The van der Waals surface area contributed by atoms with Crippen LogP contribution in [0.3, 0.4) is 0 Å². The molecule has 2 N–H and O–H groups in total. The van der Waals surface area contributed by atoms with Crippen molar-refractivity contribution in [2.24, 2.45) is 0 Å². The minimum Gasteiger partial charge on any atom is -0.508 e. The van der Waals surface area contributed by atoms with Crippen molar-refractivity contribution in [3.63, 3.8) is 0 Å². The zero-order valence-corrected chi connectivity index (χ0v) is 11.2. The zero-order valence-electron chi connectivity index (χ0n) is 11.2. The topological polar surface area (TPSA) is 53.6 Å². The summed E-state index contributed by atoms with van der Waals surface area (Å²) in [6, 6.07) is 14.6. The van der Waals surface area contributed by atoms with E-state index >= 15 is 0 Å². The van der Waals surface area contributed by atoms with Crippen LogP contribution >= 0.6 is 0 Å². The zero-order chi connectivity index (χ0) is 14.1. The quantitative estimate of drug-likeness (QED) is 0.761. The van der Waals surface area contributed by atoms with E-state index in [1.807, 2.05) is 37.3 Å². The third kappa shape index (κ3) is 2.28. The molecular formula is C17H16O3. The molecule has 1 atom stereocenters. The van der Waals surface area contributed by atoms with Crippen molar-refractivity contribution in [2.75, 3.05) is 0 Å². The van der Waals surface area contributed by atoms with Crippen LogP contribution in [0.4, 0.5) is 0 Å². The van der Waals surface area contributed by atoms with Gasteiger partial charge < -0.3 is 14.6 Å². The number of hydrogen-bond acceptors (Lipinski definition) is 3. The van der Waals surface area contributed by atoms with Gasteiger partial charge in [0.05, 0.1) is 6.10 Å². The molecule has 2 aromatic carbocycles. The van der Waals surface area contributed by atoms with Crippen molar-refractivity contribution in [3.05, 3.63) is 65.4 Å². The van der Waals surface area contributed by atoms with Gasteiger partial charge in [0.25, 0.3) is 0 Å². The Bertz CT molecular complexity index is 743. The summed E-state index contributed by atoms with van der Waals surface area (Å²) in [5, 5.41) is 20.9. The Hall–Kier alpha value is -2.26. The minimum absolute atomic E-state index is 0.212. The molecule has 102 valence electrons. The summed E-state index contributed by atoms with van der Waals surface area (Å²) < 4.78 is 5.67. The van der Waals surface area contributed by atoms with Crippen molar-refractivity contribution < 1.29 is 14.6 Å². The Labute approximate surface area is 117 Å². The Kier molecular flexibility index (Phi) is 3.20. The van der Waals surface area contributed by atoms with Crippen molar-refractivity contribution in [3.8, 4) is 5.75 Å². The highest BCUT2D eigenvalue weighted by molar-refractivity contribution is 5.82. The van der Waals surface area contributed by atoms with Crippen LogP contribution in [0.2, 0.25) is 0 Å². The molecule has 3 nitrogen and oxygen atoms in total. The van der Waals surface area contributed by atoms with Gasteiger partial charge in [0.1, 0.15) is 17.1 Å². The van der Waals surface area contributed by atoms with E-state index in [9.17, 15) is 10.2 Å². The summed E-state index contributed by atoms with van der Waals surface area (Å²) in [7, 11) is 0. The van der Waals surface area contributed by atoms with Gasteiger partial charge in [0.2, 0.25) is 0 Å². The van der Waals surface area contributed by atoms with E-state index in [0.29, 0.717) is 6.42 Å². The molecule has 0 aliphatic heterocycles. The number of phenols is 1. The monoisotopic (exact) mass is 268 g/mol. The summed E-state index contributed by atoms with van der Waals surface area (Å²) in [5.74, 6) is 0.947. The molecule has 20 heavy (non-hydrogen) atoms. The lowest BCUT2D eigenvalue weighted by Gasteiger charge is -2.11.